The molecule has 0 aliphatic heterocycles. The maximum absolute atomic E-state index is 12.4. The van der Waals surface area contributed by atoms with Gasteiger partial charge in [-0.2, -0.15) is 0 Å². The third-order valence-electron chi connectivity index (χ3n) is 4.14. The van der Waals surface area contributed by atoms with Gasteiger partial charge in [-0.05, 0) is 46.9 Å². The molecule has 4 aromatic rings. The highest BCUT2D eigenvalue weighted by Crippen LogP contribution is 2.21. The van der Waals surface area contributed by atoms with Gasteiger partial charge in [0.15, 0.2) is 5.82 Å². The van der Waals surface area contributed by atoms with E-state index >= 15 is 0 Å². The molecule has 10 heteroatoms. The Morgan fingerprint density at radius 2 is 1.90 bits per heavy atom. The highest BCUT2D eigenvalue weighted by Gasteiger charge is 2.15. The molecule has 0 spiro atoms. The maximum Gasteiger partial charge on any atom is 0.390 e. The number of aromatic nitrogens is 4. The zero-order chi connectivity index (χ0) is 21.6. The van der Waals surface area contributed by atoms with E-state index in [1.807, 2.05) is 0 Å². The highest BCUT2D eigenvalue weighted by atomic mass is 16.6. The average Bonchev–Trinajstić information content (AvgIpc) is 3.30. The predicted octanol–water partition coefficient (Wildman–Crippen LogP) is 3.72. The lowest BCUT2D eigenvalue weighted by Crippen LogP contribution is -2.07. The van der Waals surface area contributed by atoms with Crippen LogP contribution < -0.4 is 4.74 Å². The molecule has 3 aromatic heterocycles. The van der Waals surface area contributed by atoms with Gasteiger partial charge in [0, 0.05) is 12.4 Å². The SMILES string of the molecule is O=C(OCc1ccc(Oc2cccnc2)cc1)c1ccnc(-n2ccc([N+](=O)[O-])n2)c1. The summed E-state index contributed by atoms with van der Waals surface area (Å²) in [5.74, 6) is 0.652. The number of rotatable bonds is 7. The van der Waals surface area contributed by atoms with E-state index < -0.39 is 10.9 Å². The molecule has 0 fully saturated rings. The fourth-order valence-electron chi connectivity index (χ4n) is 2.64. The molecule has 0 radical (unpaired) electrons. The average molecular weight is 417 g/mol. The lowest BCUT2D eigenvalue weighted by atomic mass is 10.2. The van der Waals surface area contributed by atoms with Gasteiger partial charge < -0.3 is 19.6 Å². The molecule has 31 heavy (non-hydrogen) atoms. The van der Waals surface area contributed by atoms with Crippen LogP contribution in [0.25, 0.3) is 5.82 Å². The van der Waals surface area contributed by atoms with Gasteiger partial charge in [0.2, 0.25) is 0 Å². The molecule has 0 unspecified atom stereocenters. The number of carbonyl (C=O) groups excluding carboxylic acids is 1. The van der Waals surface area contributed by atoms with Crippen LogP contribution in [0.1, 0.15) is 15.9 Å². The minimum Gasteiger partial charge on any atom is -0.457 e. The van der Waals surface area contributed by atoms with Gasteiger partial charge in [0.1, 0.15) is 18.1 Å². The van der Waals surface area contributed by atoms with Crippen LogP contribution in [-0.2, 0) is 11.3 Å². The Hall–Kier alpha value is -4.60. The van der Waals surface area contributed by atoms with Crippen LogP contribution in [0.3, 0.4) is 0 Å². The van der Waals surface area contributed by atoms with Gasteiger partial charge in [0.25, 0.3) is 0 Å². The fourth-order valence-corrected chi connectivity index (χ4v) is 2.64. The minimum atomic E-state index is -0.609. The number of esters is 1. The summed E-state index contributed by atoms with van der Waals surface area (Å²) in [5.41, 5.74) is 1.03. The van der Waals surface area contributed by atoms with Crippen molar-refractivity contribution < 1.29 is 19.2 Å². The summed E-state index contributed by atoms with van der Waals surface area (Å²) in [4.78, 5) is 30.6. The van der Waals surface area contributed by atoms with Crippen molar-refractivity contribution in [3.05, 3.63) is 101 Å². The second kappa shape index (κ2) is 8.82. The monoisotopic (exact) mass is 417 g/mol. The van der Waals surface area contributed by atoms with E-state index in [0.717, 1.165) is 5.56 Å². The van der Waals surface area contributed by atoms with E-state index in [1.165, 1.54) is 35.3 Å². The molecule has 0 atom stereocenters. The second-order valence-corrected chi connectivity index (χ2v) is 6.29. The predicted molar refractivity (Wildman–Crippen MR) is 108 cm³/mol. The summed E-state index contributed by atoms with van der Waals surface area (Å²) in [5, 5.41) is 14.6. The lowest BCUT2D eigenvalue weighted by molar-refractivity contribution is -0.389. The number of benzene rings is 1. The molecule has 0 N–H and O–H groups in total. The first-order chi connectivity index (χ1) is 15.1. The maximum atomic E-state index is 12.4. The van der Waals surface area contributed by atoms with Crippen molar-refractivity contribution >= 4 is 11.8 Å². The van der Waals surface area contributed by atoms with Crippen molar-refractivity contribution in [2.45, 2.75) is 6.61 Å². The standard InChI is InChI=1S/C21H15N5O5/c27-21(16-7-10-23-20(12-16)25-11-8-19(24-25)26(28)29)30-14-15-3-5-17(6-4-15)31-18-2-1-9-22-13-18/h1-13H,14H2. The molecule has 0 aliphatic rings. The Bertz CT molecular complexity index is 1210. The zero-order valence-electron chi connectivity index (χ0n) is 16.0. The summed E-state index contributed by atoms with van der Waals surface area (Å²) < 4.78 is 12.2. The van der Waals surface area contributed by atoms with Gasteiger partial charge in [-0.15, -0.1) is 4.68 Å². The Kier molecular flexibility index (Phi) is 5.61. The summed E-state index contributed by atoms with van der Waals surface area (Å²) in [6.45, 7) is 0.0664. The lowest BCUT2D eigenvalue weighted by Gasteiger charge is -2.08. The van der Waals surface area contributed by atoms with E-state index in [1.54, 1.807) is 48.8 Å². The van der Waals surface area contributed by atoms with Crippen LogP contribution in [0.15, 0.2) is 79.4 Å². The summed E-state index contributed by atoms with van der Waals surface area (Å²) >= 11 is 0. The smallest absolute Gasteiger partial charge is 0.390 e. The number of nitro groups is 1. The molecular weight excluding hydrogens is 402 g/mol. The van der Waals surface area contributed by atoms with E-state index in [4.69, 9.17) is 9.47 Å². The van der Waals surface area contributed by atoms with Gasteiger partial charge in [-0.1, -0.05) is 12.1 Å². The van der Waals surface area contributed by atoms with Crippen LogP contribution in [0.5, 0.6) is 11.5 Å². The number of pyridine rings is 2. The minimum absolute atomic E-state index is 0.0664. The van der Waals surface area contributed by atoms with Crippen molar-refractivity contribution in [2.75, 3.05) is 0 Å². The molecule has 4 rings (SSSR count). The largest absolute Gasteiger partial charge is 0.457 e. The molecule has 0 bridgehead atoms. The second-order valence-electron chi connectivity index (χ2n) is 6.29. The van der Waals surface area contributed by atoms with Gasteiger partial charge >= 0.3 is 11.8 Å². The van der Waals surface area contributed by atoms with Crippen molar-refractivity contribution in [3.8, 4) is 17.3 Å². The molecule has 0 aliphatic carbocycles. The van der Waals surface area contributed by atoms with E-state index in [0.29, 0.717) is 11.5 Å². The normalized spacial score (nSPS) is 10.5. The number of ether oxygens (including phenoxy) is 2. The molecule has 0 saturated heterocycles. The fraction of sp³-hybridized carbons (Fsp3) is 0.0476. The molecular formula is C21H15N5O5. The van der Waals surface area contributed by atoms with Gasteiger partial charge in [0.05, 0.1) is 29.1 Å². The molecule has 3 heterocycles. The van der Waals surface area contributed by atoms with Crippen LogP contribution in [-0.4, -0.2) is 30.6 Å². The third-order valence-corrected chi connectivity index (χ3v) is 4.14. The van der Waals surface area contributed by atoms with Crippen LogP contribution in [0.4, 0.5) is 5.82 Å². The zero-order valence-corrected chi connectivity index (χ0v) is 16.0. The highest BCUT2D eigenvalue weighted by molar-refractivity contribution is 5.89. The molecule has 0 amide bonds. The molecule has 10 nitrogen and oxygen atoms in total. The van der Waals surface area contributed by atoms with Gasteiger partial charge in [-0.3, -0.25) is 4.98 Å². The van der Waals surface area contributed by atoms with Crippen LogP contribution >= 0.6 is 0 Å². The van der Waals surface area contributed by atoms with Crippen LogP contribution in [0.2, 0.25) is 0 Å². The first-order valence-electron chi connectivity index (χ1n) is 9.09. The number of hydrogen-bond acceptors (Lipinski definition) is 8. The van der Waals surface area contributed by atoms with E-state index in [-0.39, 0.29) is 23.8 Å². The number of nitrogens with zero attached hydrogens (tertiary/aromatic N) is 5. The molecule has 154 valence electrons. The summed E-state index contributed by atoms with van der Waals surface area (Å²) in [6.07, 6.45) is 6.07. The Morgan fingerprint density at radius 1 is 1.06 bits per heavy atom. The summed E-state index contributed by atoms with van der Waals surface area (Å²) in [7, 11) is 0. The third kappa shape index (κ3) is 4.88. The Morgan fingerprint density at radius 3 is 2.61 bits per heavy atom. The first kappa shape index (κ1) is 19.7. The topological polar surface area (TPSA) is 122 Å². The summed E-state index contributed by atoms with van der Waals surface area (Å²) in [6, 6.07) is 14.9. The van der Waals surface area contributed by atoms with E-state index in [9.17, 15) is 14.9 Å². The first-order valence-corrected chi connectivity index (χ1v) is 9.09. The quantitative estimate of drug-likeness (QED) is 0.253. The number of carbonyl (C=O) groups is 1. The van der Waals surface area contributed by atoms with Crippen molar-refractivity contribution in [1.29, 1.82) is 0 Å². The van der Waals surface area contributed by atoms with Crippen molar-refractivity contribution in [3.63, 3.8) is 0 Å². The van der Waals surface area contributed by atoms with Gasteiger partial charge in [-0.25, -0.2) is 9.78 Å². The Balaban J connectivity index is 1.38. The van der Waals surface area contributed by atoms with E-state index in [2.05, 4.69) is 15.1 Å². The number of hydrogen-bond donors (Lipinski definition) is 0. The molecule has 0 saturated carbocycles. The van der Waals surface area contributed by atoms with Crippen LogP contribution in [0, 0.1) is 10.1 Å². The Labute approximate surface area is 175 Å². The van der Waals surface area contributed by atoms with Crippen molar-refractivity contribution in [2.24, 2.45) is 0 Å². The molecule has 1 aromatic carbocycles. The van der Waals surface area contributed by atoms with Crippen molar-refractivity contribution in [1.82, 2.24) is 19.7 Å².